The minimum atomic E-state index is 0.105. The predicted molar refractivity (Wildman–Crippen MR) is 70.2 cm³/mol. The first-order valence-electron chi connectivity index (χ1n) is 6.10. The van der Waals surface area contributed by atoms with E-state index in [0.717, 1.165) is 36.6 Å². The molecule has 0 aromatic heterocycles. The van der Waals surface area contributed by atoms with Gasteiger partial charge in [-0.15, -0.1) is 0 Å². The van der Waals surface area contributed by atoms with Crippen molar-refractivity contribution in [2.24, 2.45) is 5.73 Å². The Morgan fingerprint density at radius 1 is 1.47 bits per heavy atom. The van der Waals surface area contributed by atoms with Crippen molar-refractivity contribution in [2.75, 3.05) is 19.7 Å². The topological polar surface area (TPSA) is 47.3 Å². The SMILES string of the molecule is NCC(NCC1CCCO1)c1ccccc1Cl. The van der Waals surface area contributed by atoms with Crippen LogP contribution in [0.3, 0.4) is 0 Å². The van der Waals surface area contributed by atoms with E-state index in [2.05, 4.69) is 5.32 Å². The fourth-order valence-corrected chi connectivity index (χ4v) is 2.42. The highest BCUT2D eigenvalue weighted by atomic mass is 35.5. The molecule has 0 bridgehead atoms. The highest BCUT2D eigenvalue weighted by molar-refractivity contribution is 6.31. The zero-order chi connectivity index (χ0) is 12.1. The van der Waals surface area contributed by atoms with Crippen molar-refractivity contribution in [3.05, 3.63) is 34.9 Å². The van der Waals surface area contributed by atoms with Gasteiger partial charge >= 0.3 is 0 Å². The van der Waals surface area contributed by atoms with Crippen molar-refractivity contribution >= 4 is 11.6 Å². The van der Waals surface area contributed by atoms with Crippen LogP contribution < -0.4 is 11.1 Å². The summed E-state index contributed by atoms with van der Waals surface area (Å²) in [6, 6.07) is 7.93. The molecule has 3 N–H and O–H groups in total. The summed E-state index contributed by atoms with van der Waals surface area (Å²) in [5.41, 5.74) is 6.86. The van der Waals surface area contributed by atoms with Crippen molar-refractivity contribution in [3.63, 3.8) is 0 Å². The molecule has 1 aliphatic rings. The molecule has 4 heteroatoms. The van der Waals surface area contributed by atoms with Crippen molar-refractivity contribution in [3.8, 4) is 0 Å². The van der Waals surface area contributed by atoms with E-state index in [1.165, 1.54) is 0 Å². The molecule has 1 fully saturated rings. The number of hydrogen-bond donors (Lipinski definition) is 2. The number of halogens is 1. The molecular weight excluding hydrogens is 236 g/mol. The number of rotatable bonds is 5. The largest absolute Gasteiger partial charge is 0.377 e. The first-order chi connectivity index (χ1) is 8.31. The minimum Gasteiger partial charge on any atom is -0.377 e. The second-order valence-corrected chi connectivity index (χ2v) is 4.76. The zero-order valence-electron chi connectivity index (χ0n) is 9.86. The van der Waals surface area contributed by atoms with E-state index in [4.69, 9.17) is 22.1 Å². The van der Waals surface area contributed by atoms with Crippen LogP contribution in [0.4, 0.5) is 0 Å². The average Bonchev–Trinajstić information content (AvgIpc) is 2.85. The molecule has 0 aliphatic carbocycles. The molecule has 1 saturated heterocycles. The Morgan fingerprint density at radius 3 is 2.94 bits per heavy atom. The molecule has 94 valence electrons. The Balaban J connectivity index is 1.94. The molecule has 2 unspecified atom stereocenters. The second kappa shape index (κ2) is 6.36. The van der Waals surface area contributed by atoms with Crippen LogP contribution in [0.25, 0.3) is 0 Å². The van der Waals surface area contributed by atoms with Crippen molar-refractivity contribution in [1.82, 2.24) is 5.32 Å². The molecule has 1 heterocycles. The Kier molecular flexibility index (Phi) is 4.80. The second-order valence-electron chi connectivity index (χ2n) is 4.35. The van der Waals surface area contributed by atoms with Crippen LogP contribution in [0.15, 0.2) is 24.3 Å². The van der Waals surface area contributed by atoms with Gasteiger partial charge < -0.3 is 15.8 Å². The Morgan fingerprint density at radius 2 is 2.29 bits per heavy atom. The molecule has 17 heavy (non-hydrogen) atoms. The maximum Gasteiger partial charge on any atom is 0.0700 e. The summed E-state index contributed by atoms with van der Waals surface area (Å²) in [4.78, 5) is 0. The third-order valence-corrected chi connectivity index (χ3v) is 3.48. The van der Waals surface area contributed by atoms with E-state index >= 15 is 0 Å². The van der Waals surface area contributed by atoms with E-state index in [-0.39, 0.29) is 6.04 Å². The summed E-state index contributed by atoms with van der Waals surface area (Å²) in [7, 11) is 0. The lowest BCUT2D eigenvalue weighted by atomic mass is 10.1. The summed E-state index contributed by atoms with van der Waals surface area (Å²) >= 11 is 6.17. The standard InChI is InChI=1S/C13H19ClN2O/c14-12-6-2-1-5-11(12)13(8-15)16-9-10-4-3-7-17-10/h1-2,5-6,10,13,16H,3-4,7-9,15H2. The summed E-state index contributed by atoms with van der Waals surface area (Å²) in [6.45, 7) is 2.26. The molecule has 0 amide bonds. The zero-order valence-corrected chi connectivity index (χ0v) is 10.6. The molecule has 0 radical (unpaired) electrons. The van der Waals surface area contributed by atoms with Crippen molar-refractivity contribution in [2.45, 2.75) is 25.0 Å². The van der Waals surface area contributed by atoms with Crippen LogP contribution in [0.2, 0.25) is 5.02 Å². The molecule has 1 aromatic carbocycles. The lowest BCUT2D eigenvalue weighted by Crippen LogP contribution is -2.34. The van der Waals surface area contributed by atoms with E-state index in [0.29, 0.717) is 12.6 Å². The Bertz CT molecular complexity index is 353. The van der Waals surface area contributed by atoms with Gasteiger partial charge in [0.15, 0.2) is 0 Å². The maximum absolute atomic E-state index is 6.17. The lowest BCUT2D eigenvalue weighted by molar-refractivity contribution is 0.107. The van der Waals surface area contributed by atoms with E-state index in [1.807, 2.05) is 24.3 Å². The first-order valence-corrected chi connectivity index (χ1v) is 6.48. The van der Waals surface area contributed by atoms with Crippen LogP contribution in [0.1, 0.15) is 24.4 Å². The Hall–Kier alpha value is -0.610. The number of nitrogens with two attached hydrogens (primary N) is 1. The first kappa shape index (κ1) is 12.8. The van der Waals surface area contributed by atoms with Crippen molar-refractivity contribution in [1.29, 1.82) is 0 Å². The summed E-state index contributed by atoms with van der Waals surface area (Å²) in [5.74, 6) is 0. The molecular formula is C13H19ClN2O. The Labute approximate surface area is 107 Å². The molecule has 3 nitrogen and oxygen atoms in total. The molecule has 0 saturated carbocycles. The van der Waals surface area contributed by atoms with Gasteiger partial charge in [-0.3, -0.25) is 0 Å². The van der Waals surface area contributed by atoms with E-state index in [1.54, 1.807) is 0 Å². The van der Waals surface area contributed by atoms with Crippen LogP contribution in [-0.2, 0) is 4.74 Å². The number of benzene rings is 1. The van der Waals surface area contributed by atoms with E-state index < -0.39 is 0 Å². The van der Waals surface area contributed by atoms with Gasteiger partial charge in [-0.2, -0.15) is 0 Å². The van der Waals surface area contributed by atoms with Gasteiger partial charge in [0, 0.05) is 30.8 Å². The molecule has 0 spiro atoms. The van der Waals surface area contributed by atoms with Crippen LogP contribution in [-0.4, -0.2) is 25.8 Å². The predicted octanol–water partition coefficient (Wildman–Crippen LogP) is 2.11. The van der Waals surface area contributed by atoms with Gasteiger partial charge in [-0.05, 0) is 24.5 Å². The molecule has 1 aromatic rings. The monoisotopic (exact) mass is 254 g/mol. The number of hydrogen-bond acceptors (Lipinski definition) is 3. The van der Waals surface area contributed by atoms with Gasteiger partial charge in [-0.25, -0.2) is 0 Å². The third kappa shape index (κ3) is 3.42. The summed E-state index contributed by atoms with van der Waals surface area (Å²) in [6.07, 6.45) is 2.62. The summed E-state index contributed by atoms with van der Waals surface area (Å²) < 4.78 is 5.58. The average molecular weight is 255 g/mol. The van der Waals surface area contributed by atoms with Crippen molar-refractivity contribution < 1.29 is 4.74 Å². The van der Waals surface area contributed by atoms with Crippen LogP contribution >= 0.6 is 11.6 Å². The fraction of sp³-hybridized carbons (Fsp3) is 0.538. The van der Waals surface area contributed by atoms with Gasteiger partial charge in [-0.1, -0.05) is 29.8 Å². The molecule has 2 rings (SSSR count). The highest BCUT2D eigenvalue weighted by Gasteiger charge is 2.18. The number of nitrogens with one attached hydrogen (secondary N) is 1. The highest BCUT2D eigenvalue weighted by Crippen LogP contribution is 2.22. The van der Waals surface area contributed by atoms with Gasteiger partial charge in [0.2, 0.25) is 0 Å². The molecule has 2 atom stereocenters. The van der Waals surface area contributed by atoms with Gasteiger partial charge in [0.1, 0.15) is 0 Å². The normalized spacial score (nSPS) is 21.6. The van der Waals surface area contributed by atoms with Crippen LogP contribution in [0, 0.1) is 0 Å². The quantitative estimate of drug-likeness (QED) is 0.846. The third-order valence-electron chi connectivity index (χ3n) is 3.13. The number of ether oxygens (including phenoxy) is 1. The fourth-order valence-electron chi connectivity index (χ4n) is 2.16. The smallest absolute Gasteiger partial charge is 0.0700 e. The van der Waals surface area contributed by atoms with Crippen LogP contribution in [0.5, 0.6) is 0 Å². The minimum absolute atomic E-state index is 0.105. The lowest BCUT2D eigenvalue weighted by Gasteiger charge is -2.20. The molecule has 1 aliphatic heterocycles. The van der Waals surface area contributed by atoms with E-state index in [9.17, 15) is 0 Å². The van der Waals surface area contributed by atoms with Gasteiger partial charge in [0.05, 0.1) is 6.10 Å². The summed E-state index contributed by atoms with van der Waals surface area (Å²) in [5, 5.41) is 4.20. The van der Waals surface area contributed by atoms with Gasteiger partial charge in [0.25, 0.3) is 0 Å². The maximum atomic E-state index is 6.17.